The van der Waals surface area contributed by atoms with Gasteiger partial charge in [0.2, 0.25) is 0 Å². The van der Waals surface area contributed by atoms with Crippen molar-refractivity contribution in [1.82, 2.24) is 10.3 Å². The van der Waals surface area contributed by atoms with E-state index in [1.54, 1.807) is 13.1 Å². The minimum Gasteiger partial charge on any atom is -0.344 e. The van der Waals surface area contributed by atoms with Crippen molar-refractivity contribution < 1.29 is 4.79 Å². The first-order chi connectivity index (χ1) is 7.00. The summed E-state index contributed by atoms with van der Waals surface area (Å²) < 4.78 is 0. The molecule has 0 aromatic carbocycles. The maximum absolute atomic E-state index is 11.7. The van der Waals surface area contributed by atoms with Crippen molar-refractivity contribution in [2.45, 2.75) is 19.4 Å². The Morgan fingerprint density at radius 1 is 1.60 bits per heavy atom. The SMILES string of the molecule is Cc1ncc(C(=O)NC(C)(CCl)CCl)s1. The number of rotatable bonds is 4. The van der Waals surface area contributed by atoms with Gasteiger partial charge in [-0.1, -0.05) is 0 Å². The molecule has 0 aliphatic heterocycles. The predicted octanol–water partition coefficient (Wildman–Crippen LogP) is 2.42. The van der Waals surface area contributed by atoms with Crippen LogP contribution in [-0.4, -0.2) is 28.2 Å². The van der Waals surface area contributed by atoms with Crippen LogP contribution in [0.1, 0.15) is 21.6 Å². The molecule has 0 unspecified atom stereocenters. The quantitative estimate of drug-likeness (QED) is 0.851. The summed E-state index contributed by atoms with van der Waals surface area (Å²) in [4.78, 5) is 16.3. The lowest BCUT2D eigenvalue weighted by molar-refractivity contribution is 0.0925. The Labute approximate surface area is 103 Å². The minimum atomic E-state index is -0.571. The molecule has 1 aromatic heterocycles. The summed E-state index contributed by atoms with van der Waals surface area (Å²) in [5.74, 6) is 0.379. The van der Waals surface area contributed by atoms with E-state index in [1.807, 2.05) is 6.92 Å². The standard InChI is InChI=1S/C9H12Cl2N2OS/c1-6-12-3-7(15-6)8(14)13-9(2,4-10)5-11/h3H,4-5H2,1-2H3,(H,13,14). The van der Waals surface area contributed by atoms with E-state index in [1.165, 1.54) is 11.3 Å². The number of thiazole rings is 1. The van der Waals surface area contributed by atoms with Crippen molar-refractivity contribution in [1.29, 1.82) is 0 Å². The summed E-state index contributed by atoms with van der Waals surface area (Å²) in [6.45, 7) is 3.66. The molecule has 0 atom stereocenters. The first-order valence-electron chi connectivity index (χ1n) is 4.37. The number of hydrogen-bond acceptors (Lipinski definition) is 3. The molecule has 0 aliphatic carbocycles. The second-order valence-electron chi connectivity index (χ2n) is 3.53. The van der Waals surface area contributed by atoms with Gasteiger partial charge >= 0.3 is 0 Å². The highest BCUT2D eigenvalue weighted by Crippen LogP contribution is 2.14. The van der Waals surface area contributed by atoms with E-state index in [4.69, 9.17) is 23.2 Å². The Morgan fingerprint density at radius 2 is 2.20 bits per heavy atom. The summed E-state index contributed by atoms with van der Waals surface area (Å²) in [5, 5.41) is 3.65. The van der Waals surface area contributed by atoms with Crippen LogP contribution in [0.2, 0.25) is 0 Å². The van der Waals surface area contributed by atoms with Gasteiger partial charge in [0.15, 0.2) is 0 Å². The van der Waals surface area contributed by atoms with Crippen molar-refractivity contribution in [3.05, 3.63) is 16.1 Å². The third-order valence-electron chi connectivity index (χ3n) is 1.85. The molecule has 6 heteroatoms. The fourth-order valence-corrected chi connectivity index (χ4v) is 2.00. The predicted molar refractivity (Wildman–Crippen MR) is 64.2 cm³/mol. The molecule has 0 saturated carbocycles. The van der Waals surface area contributed by atoms with Gasteiger partial charge < -0.3 is 5.32 Å². The van der Waals surface area contributed by atoms with E-state index in [0.717, 1.165) is 5.01 Å². The van der Waals surface area contributed by atoms with E-state index < -0.39 is 5.54 Å². The van der Waals surface area contributed by atoms with Crippen molar-refractivity contribution in [3.8, 4) is 0 Å². The van der Waals surface area contributed by atoms with Crippen molar-refractivity contribution in [2.75, 3.05) is 11.8 Å². The Kier molecular flexibility index (Phi) is 4.37. The van der Waals surface area contributed by atoms with Crippen molar-refractivity contribution >= 4 is 40.4 Å². The summed E-state index contributed by atoms with van der Waals surface area (Å²) in [7, 11) is 0. The van der Waals surface area contributed by atoms with Gasteiger partial charge in [0.1, 0.15) is 4.88 Å². The Bertz CT molecular complexity index is 350. The summed E-state index contributed by atoms with van der Waals surface area (Å²) in [5.41, 5.74) is -0.571. The number of aromatic nitrogens is 1. The highest BCUT2D eigenvalue weighted by atomic mass is 35.5. The van der Waals surface area contributed by atoms with Crippen LogP contribution in [0.15, 0.2) is 6.20 Å². The molecule has 1 N–H and O–H groups in total. The van der Waals surface area contributed by atoms with Gasteiger partial charge in [0, 0.05) is 11.8 Å². The number of hydrogen-bond donors (Lipinski definition) is 1. The smallest absolute Gasteiger partial charge is 0.263 e. The average Bonchev–Trinajstić information content (AvgIpc) is 2.65. The third-order valence-corrected chi connectivity index (χ3v) is 3.94. The number of aryl methyl sites for hydroxylation is 1. The van der Waals surface area contributed by atoms with Crippen molar-refractivity contribution in [3.63, 3.8) is 0 Å². The van der Waals surface area contributed by atoms with Crippen LogP contribution in [-0.2, 0) is 0 Å². The van der Waals surface area contributed by atoms with Gasteiger partial charge in [-0.2, -0.15) is 0 Å². The van der Waals surface area contributed by atoms with Crippen LogP contribution in [0.3, 0.4) is 0 Å². The number of nitrogens with one attached hydrogen (secondary N) is 1. The first-order valence-corrected chi connectivity index (χ1v) is 6.26. The maximum Gasteiger partial charge on any atom is 0.263 e. The zero-order chi connectivity index (χ0) is 11.5. The van der Waals surface area contributed by atoms with Gasteiger partial charge in [-0.05, 0) is 13.8 Å². The molecule has 0 bridgehead atoms. The molecule has 0 fully saturated rings. The number of alkyl halides is 2. The van der Waals surface area contributed by atoms with Gasteiger partial charge in [0.05, 0.1) is 16.7 Å². The Hall–Kier alpha value is -0.320. The summed E-state index contributed by atoms with van der Waals surface area (Å²) >= 11 is 12.8. The molecule has 1 rings (SSSR count). The van der Waals surface area contributed by atoms with E-state index in [-0.39, 0.29) is 17.7 Å². The lowest BCUT2D eigenvalue weighted by Crippen LogP contribution is -2.49. The summed E-state index contributed by atoms with van der Waals surface area (Å²) in [6.07, 6.45) is 1.55. The third kappa shape index (κ3) is 3.33. The molecule has 0 aliphatic rings. The van der Waals surface area contributed by atoms with Crippen LogP contribution in [0.5, 0.6) is 0 Å². The van der Waals surface area contributed by atoms with Crippen LogP contribution in [0, 0.1) is 6.92 Å². The van der Waals surface area contributed by atoms with Crippen LogP contribution in [0.25, 0.3) is 0 Å². The van der Waals surface area contributed by atoms with Gasteiger partial charge in [-0.25, -0.2) is 4.98 Å². The Morgan fingerprint density at radius 3 is 2.60 bits per heavy atom. The van der Waals surface area contributed by atoms with E-state index >= 15 is 0 Å². The van der Waals surface area contributed by atoms with Crippen LogP contribution < -0.4 is 5.32 Å². The zero-order valence-corrected chi connectivity index (χ0v) is 10.8. The second-order valence-corrected chi connectivity index (χ2v) is 5.29. The van der Waals surface area contributed by atoms with Gasteiger partial charge in [-0.15, -0.1) is 34.5 Å². The van der Waals surface area contributed by atoms with Crippen LogP contribution >= 0.6 is 34.5 Å². The number of halogens is 2. The highest BCUT2D eigenvalue weighted by Gasteiger charge is 2.25. The normalized spacial score (nSPS) is 11.5. The topological polar surface area (TPSA) is 42.0 Å². The molecular formula is C9H12Cl2N2OS. The molecule has 1 aromatic rings. The molecule has 0 radical (unpaired) electrons. The van der Waals surface area contributed by atoms with E-state index in [2.05, 4.69) is 10.3 Å². The average molecular weight is 267 g/mol. The molecule has 15 heavy (non-hydrogen) atoms. The van der Waals surface area contributed by atoms with Crippen molar-refractivity contribution in [2.24, 2.45) is 0 Å². The lowest BCUT2D eigenvalue weighted by atomic mass is 10.1. The van der Waals surface area contributed by atoms with E-state index in [9.17, 15) is 4.79 Å². The molecule has 3 nitrogen and oxygen atoms in total. The number of amides is 1. The molecular weight excluding hydrogens is 255 g/mol. The number of carbonyl (C=O) groups excluding carboxylic acids is 1. The second kappa shape index (κ2) is 5.14. The van der Waals surface area contributed by atoms with Gasteiger partial charge in [-0.3, -0.25) is 4.79 Å². The number of nitrogens with zero attached hydrogens (tertiary/aromatic N) is 1. The lowest BCUT2D eigenvalue weighted by Gasteiger charge is -2.25. The first kappa shape index (κ1) is 12.7. The summed E-state index contributed by atoms with van der Waals surface area (Å²) in [6, 6.07) is 0. The van der Waals surface area contributed by atoms with E-state index in [0.29, 0.717) is 4.88 Å². The fraction of sp³-hybridized carbons (Fsp3) is 0.556. The highest BCUT2D eigenvalue weighted by molar-refractivity contribution is 7.13. The molecule has 1 amide bonds. The minimum absolute atomic E-state index is 0.176. The zero-order valence-electron chi connectivity index (χ0n) is 8.51. The molecule has 0 saturated heterocycles. The van der Waals surface area contributed by atoms with Gasteiger partial charge in [0.25, 0.3) is 5.91 Å². The fourth-order valence-electron chi connectivity index (χ4n) is 0.905. The van der Waals surface area contributed by atoms with Crippen LogP contribution in [0.4, 0.5) is 0 Å². The molecule has 1 heterocycles. The number of carbonyl (C=O) groups is 1. The monoisotopic (exact) mass is 266 g/mol. The Balaban J connectivity index is 2.71. The largest absolute Gasteiger partial charge is 0.344 e. The maximum atomic E-state index is 11.7. The molecule has 0 spiro atoms. The molecule has 84 valence electrons.